The zero-order chi connectivity index (χ0) is 26.3. The summed E-state index contributed by atoms with van der Waals surface area (Å²) < 4.78 is 11.7. The van der Waals surface area contributed by atoms with Crippen LogP contribution in [0.5, 0.6) is 0 Å². The fourth-order valence-corrected chi connectivity index (χ4v) is 5.55. The molecular weight excluding hydrogens is 483 g/mol. The summed E-state index contributed by atoms with van der Waals surface area (Å²) in [6, 6.07) is 0. The number of carbonyl (C=O) groups excluding carboxylic acids is 2. The zero-order valence-corrected chi connectivity index (χ0v) is 22.7. The van der Waals surface area contributed by atoms with Crippen LogP contribution in [-0.2, 0) is 29.5 Å². The van der Waals surface area contributed by atoms with Gasteiger partial charge in [0.15, 0.2) is 12.0 Å². The summed E-state index contributed by atoms with van der Waals surface area (Å²) in [7, 11) is 0. The summed E-state index contributed by atoms with van der Waals surface area (Å²) in [6.45, 7) is 14.5. The van der Waals surface area contributed by atoms with Crippen molar-refractivity contribution < 1.29 is 29.5 Å². The van der Waals surface area contributed by atoms with E-state index in [1.165, 1.54) is 0 Å². The number of piperidine rings is 2. The van der Waals surface area contributed by atoms with Crippen molar-refractivity contribution in [3.8, 4) is 0 Å². The molecule has 2 radical (unpaired) electrons. The van der Waals surface area contributed by atoms with Gasteiger partial charge in [0.25, 0.3) is 0 Å². The van der Waals surface area contributed by atoms with E-state index in [9.17, 15) is 20.0 Å². The molecule has 8 nitrogen and oxygen atoms in total. The summed E-state index contributed by atoms with van der Waals surface area (Å²) in [5.41, 5.74) is -2.79. The van der Waals surface area contributed by atoms with E-state index in [4.69, 9.17) is 32.7 Å². The quantitative estimate of drug-likeness (QED) is 0.265. The molecule has 10 heteroatoms. The van der Waals surface area contributed by atoms with Gasteiger partial charge in [0, 0.05) is 47.8 Å². The van der Waals surface area contributed by atoms with E-state index in [-0.39, 0.29) is 16.9 Å². The van der Waals surface area contributed by atoms with Crippen molar-refractivity contribution in [2.24, 2.45) is 0 Å². The number of Topliss-reactive ketones (excluding diaryl/α,β-unsaturated/α-hetero) is 1. The van der Waals surface area contributed by atoms with Crippen molar-refractivity contribution in [1.29, 1.82) is 0 Å². The van der Waals surface area contributed by atoms with E-state index in [0.717, 1.165) is 16.4 Å². The van der Waals surface area contributed by atoms with E-state index in [1.807, 2.05) is 27.7 Å². The third kappa shape index (κ3) is 6.33. The maximum absolute atomic E-state index is 13.0. The Balaban J connectivity index is 2.20. The Labute approximate surface area is 212 Å². The van der Waals surface area contributed by atoms with E-state index < -0.39 is 39.1 Å². The first kappa shape index (κ1) is 29.1. The molecule has 0 spiro atoms. The van der Waals surface area contributed by atoms with E-state index in [2.05, 4.69) is 0 Å². The highest BCUT2D eigenvalue weighted by Gasteiger charge is 2.48. The number of carbonyl (C=O) groups is 2. The number of nitrogens with zero attached hydrogens (tertiary/aromatic N) is 2. The molecule has 2 rings (SSSR count). The highest BCUT2D eigenvalue weighted by atomic mass is 35.5. The van der Waals surface area contributed by atoms with Gasteiger partial charge in [-0.05, 0) is 55.4 Å². The first-order valence-electron chi connectivity index (χ1n) is 11.4. The number of hydrogen-bond acceptors (Lipinski definition) is 6. The second-order valence-corrected chi connectivity index (χ2v) is 12.6. The van der Waals surface area contributed by atoms with Gasteiger partial charge in [0.1, 0.15) is 28.5 Å². The van der Waals surface area contributed by atoms with Gasteiger partial charge >= 0.3 is 0 Å². The molecule has 0 aromatic rings. The van der Waals surface area contributed by atoms with Crippen molar-refractivity contribution in [3.05, 3.63) is 22.1 Å². The average Bonchev–Trinajstić information content (AvgIpc) is 2.70. The molecule has 0 amide bonds. The lowest BCUT2D eigenvalue weighted by molar-refractivity contribution is -0.299. The average molecular weight is 519 g/mol. The number of aldehydes is 1. The number of hydroxylamine groups is 4. The predicted octanol–water partition coefficient (Wildman–Crippen LogP) is 5.05. The fourth-order valence-electron chi connectivity index (χ4n) is 5.28. The lowest BCUT2D eigenvalue weighted by Gasteiger charge is -2.49. The molecule has 0 atom stereocenters. The SMILES string of the molecule is CC1(C)CC(O/C=C(\Cl)C(=O)/C(OC2CC(C)(C)N([O])C(C)(C)C2)=C(\Cl)C=O)CC(C)(C)N1[O]. The predicted molar refractivity (Wildman–Crippen MR) is 127 cm³/mol. The molecule has 34 heavy (non-hydrogen) atoms. The number of ether oxygens (including phenoxy) is 2. The van der Waals surface area contributed by atoms with Crippen molar-refractivity contribution in [2.45, 2.75) is 115 Å². The van der Waals surface area contributed by atoms with Crippen LogP contribution >= 0.6 is 23.2 Å². The minimum atomic E-state index is -0.793. The number of ketones is 1. The van der Waals surface area contributed by atoms with Gasteiger partial charge in [-0.2, -0.15) is 0 Å². The first-order chi connectivity index (χ1) is 15.3. The van der Waals surface area contributed by atoms with Crippen LogP contribution in [0.2, 0.25) is 0 Å². The topological polar surface area (TPSA) is 98.9 Å². The van der Waals surface area contributed by atoms with Gasteiger partial charge in [-0.1, -0.05) is 23.2 Å². The van der Waals surface area contributed by atoms with Gasteiger partial charge in [0.05, 0.1) is 0 Å². The number of allylic oxidation sites excluding steroid dienone is 2. The molecule has 0 aliphatic carbocycles. The van der Waals surface area contributed by atoms with Gasteiger partial charge in [-0.3, -0.25) is 9.59 Å². The summed E-state index contributed by atoms with van der Waals surface area (Å²) in [4.78, 5) is 24.4. The van der Waals surface area contributed by atoms with Gasteiger partial charge in [-0.25, -0.2) is 0 Å². The lowest BCUT2D eigenvalue weighted by atomic mass is 9.80. The normalized spacial score (nSPS) is 26.5. The molecule has 2 saturated heterocycles. The molecular formula is C24H36Cl2N2O6. The van der Waals surface area contributed by atoms with Crippen LogP contribution in [0.25, 0.3) is 0 Å². The number of rotatable bonds is 7. The maximum Gasteiger partial charge on any atom is 0.243 e. The van der Waals surface area contributed by atoms with Crippen molar-refractivity contribution in [1.82, 2.24) is 10.1 Å². The Hall–Kier alpha value is -1.16. The van der Waals surface area contributed by atoms with E-state index >= 15 is 0 Å². The van der Waals surface area contributed by atoms with Gasteiger partial charge < -0.3 is 9.47 Å². The number of halogens is 2. The molecule has 192 valence electrons. The third-order valence-corrected chi connectivity index (χ3v) is 7.02. The largest absolute Gasteiger partial charge is 0.496 e. The van der Waals surface area contributed by atoms with Crippen LogP contribution in [0.4, 0.5) is 0 Å². The van der Waals surface area contributed by atoms with Gasteiger partial charge in [-0.15, -0.1) is 20.5 Å². The van der Waals surface area contributed by atoms with Crippen LogP contribution in [0.15, 0.2) is 22.1 Å². The second-order valence-electron chi connectivity index (χ2n) is 11.7. The highest BCUT2D eigenvalue weighted by Crippen LogP contribution is 2.40. The molecule has 0 aromatic heterocycles. The summed E-state index contributed by atoms with van der Waals surface area (Å²) in [5, 5.41) is 26.5. The first-order valence-corrected chi connectivity index (χ1v) is 12.1. The lowest BCUT2D eigenvalue weighted by Crippen LogP contribution is -2.59. The summed E-state index contributed by atoms with van der Waals surface area (Å²) in [5.74, 6) is -1.17. The van der Waals surface area contributed by atoms with Crippen molar-refractivity contribution in [2.75, 3.05) is 0 Å². The Morgan fingerprint density at radius 2 is 1.18 bits per heavy atom. The zero-order valence-electron chi connectivity index (χ0n) is 21.2. The van der Waals surface area contributed by atoms with Gasteiger partial charge in [0.2, 0.25) is 5.78 Å². The van der Waals surface area contributed by atoms with Crippen LogP contribution in [-0.4, -0.2) is 56.6 Å². The van der Waals surface area contributed by atoms with Crippen molar-refractivity contribution in [3.63, 3.8) is 0 Å². The summed E-state index contributed by atoms with van der Waals surface area (Å²) in [6.07, 6.45) is 2.11. The molecule has 2 aliphatic heterocycles. The smallest absolute Gasteiger partial charge is 0.243 e. The molecule has 0 bridgehead atoms. The van der Waals surface area contributed by atoms with Crippen LogP contribution in [0.1, 0.15) is 81.1 Å². The maximum atomic E-state index is 13.0. The van der Waals surface area contributed by atoms with Crippen LogP contribution < -0.4 is 0 Å². The Kier molecular flexibility index (Phi) is 8.61. The van der Waals surface area contributed by atoms with Crippen LogP contribution in [0.3, 0.4) is 0 Å². The highest BCUT2D eigenvalue weighted by molar-refractivity contribution is 6.47. The molecule has 2 aliphatic rings. The number of hydrogen-bond donors (Lipinski definition) is 0. The molecule has 2 heterocycles. The minimum absolute atomic E-state index is 0.310. The molecule has 0 N–H and O–H groups in total. The van der Waals surface area contributed by atoms with E-state index in [1.54, 1.807) is 27.7 Å². The monoisotopic (exact) mass is 518 g/mol. The molecule has 2 fully saturated rings. The molecule has 0 saturated carbocycles. The third-order valence-electron chi connectivity index (χ3n) is 6.50. The molecule has 0 aromatic carbocycles. The minimum Gasteiger partial charge on any atom is -0.496 e. The Morgan fingerprint density at radius 1 is 0.794 bits per heavy atom. The fraction of sp³-hybridized carbons (Fsp3) is 0.750. The molecule has 0 unspecified atom stereocenters. The standard InChI is InChI=1S/C24H36Cl2N2O6/c1-21(2)9-15(10-22(3,4)27(21)31)33-14-18(26)19(30)20(17(25)13-29)34-16-11-23(5,6)28(32)24(7,8)12-16/h13-16H,9-12H2,1-8H3/b18-14-,20-17+. The van der Waals surface area contributed by atoms with Crippen LogP contribution in [0, 0.1) is 0 Å². The second kappa shape index (κ2) is 10.1. The Bertz CT molecular complexity index is 830. The van der Waals surface area contributed by atoms with Crippen molar-refractivity contribution >= 4 is 35.3 Å². The summed E-state index contributed by atoms with van der Waals surface area (Å²) >= 11 is 12.3. The Morgan fingerprint density at radius 3 is 1.56 bits per heavy atom. The van der Waals surface area contributed by atoms with E-state index in [0.29, 0.717) is 32.0 Å².